The van der Waals surface area contributed by atoms with Crippen molar-refractivity contribution in [1.29, 1.82) is 0 Å². The zero-order valence-electron chi connectivity index (χ0n) is 22.3. The van der Waals surface area contributed by atoms with Crippen LogP contribution in [0.4, 0.5) is 5.69 Å². The van der Waals surface area contributed by atoms with Gasteiger partial charge in [0.2, 0.25) is 5.91 Å². The summed E-state index contributed by atoms with van der Waals surface area (Å²) in [6.07, 6.45) is 0.371. The lowest BCUT2D eigenvalue weighted by Gasteiger charge is -2.20. The van der Waals surface area contributed by atoms with Crippen LogP contribution < -0.4 is 10.6 Å². The van der Waals surface area contributed by atoms with Gasteiger partial charge < -0.3 is 19.9 Å². The first-order chi connectivity index (χ1) is 18.4. The van der Waals surface area contributed by atoms with Gasteiger partial charge in [0.05, 0.1) is 34.0 Å². The molecule has 3 rings (SSSR count). The number of benzene rings is 2. The van der Waals surface area contributed by atoms with Crippen LogP contribution >= 0.6 is 35.0 Å². The number of amides is 2. The molecule has 2 amide bonds. The van der Waals surface area contributed by atoms with Gasteiger partial charge in [-0.3, -0.25) is 9.59 Å². The maximum Gasteiger partial charge on any atom is 0.338 e. The largest absolute Gasteiger partial charge is 0.459 e. The summed E-state index contributed by atoms with van der Waals surface area (Å²) in [6, 6.07) is 10.8. The van der Waals surface area contributed by atoms with E-state index < -0.39 is 12.0 Å². The first-order valence-electron chi connectivity index (χ1n) is 12.3. The second-order valence-electron chi connectivity index (χ2n) is 9.55. The number of hydrogen-bond acceptors (Lipinski definition) is 7. The lowest BCUT2D eigenvalue weighted by molar-refractivity contribution is -0.113. The van der Waals surface area contributed by atoms with E-state index in [-0.39, 0.29) is 34.6 Å². The van der Waals surface area contributed by atoms with Gasteiger partial charge in [0.25, 0.3) is 5.91 Å². The molecular formula is C27H31Cl2N5O4S. The Labute approximate surface area is 242 Å². The van der Waals surface area contributed by atoms with Crippen molar-refractivity contribution in [1.82, 2.24) is 20.1 Å². The minimum atomic E-state index is -0.455. The molecule has 0 saturated heterocycles. The Morgan fingerprint density at radius 2 is 1.79 bits per heavy atom. The first kappa shape index (κ1) is 30.5. The highest BCUT2D eigenvalue weighted by Crippen LogP contribution is 2.26. The highest BCUT2D eigenvalue weighted by atomic mass is 35.5. The summed E-state index contributed by atoms with van der Waals surface area (Å²) in [7, 11) is 1.79. The number of nitrogens with one attached hydrogen (secondary N) is 2. The number of ether oxygens (including phenoxy) is 1. The zero-order valence-corrected chi connectivity index (χ0v) is 24.7. The molecule has 1 aromatic heterocycles. The van der Waals surface area contributed by atoms with Gasteiger partial charge in [-0.2, -0.15) is 0 Å². The van der Waals surface area contributed by atoms with Crippen LogP contribution in [0.15, 0.2) is 47.6 Å². The first-order valence-corrected chi connectivity index (χ1v) is 14.1. The maximum absolute atomic E-state index is 13.0. The Morgan fingerprint density at radius 3 is 2.46 bits per heavy atom. The van der Waals surface area contributed by atoms with Crippen molar-refractivity contribution in [3.63, 3.8) is 0 Å². The maximum atomic E-state index is 13.0. The number of rotatable bonds is 11. The average Bonchev–Trinajstić information content (AvgIpc) is 3.21. The van der Waals surface area contributed by atoms with Gasteiger partial charge >= 0.3 is 5.97 Å². The van der Waals surface area contributed by atoms with Gasteiger partial charge in [0, 0.05) is 17.8 Å². The molecule has 9 nitrogen and oxygen atoms in total. The third-order valence-corrected chi connectivity index (χ3v) is 6.99. The van der Waals surface area contributed by atoms with Crippen LogP contribution in [0.5, 0.6) is 0 Å². The molecule has 3 aromatic rings. The van der Waals surface area contributed by atoms with Crippen molar-refractivity contribution < 1.29 is 19.1 Å². The molecule has 1 heterocycles. The number of carbonyl (C=O) groups is 3. The summed E-state index contributed by atoms with van der Waals surface area (Å²) in [4.78, 5) is 37.7. The number of aromatic nitrogens is 3. The van der Waals surface area contributed by atoms with E-state index in [0.717, 1.165) is 0 Å². The summed E-state index contributed by atoms with van der Waals surface area (Å²) in [5.41, 5.74) is 1.15. The molecule has 0 spiro atoms. The Bertz CT molecular complexity index is 1350. The van der Waals surface area contributed by atoms with Crippen molar-refractivity contribution in [2.75, 3.05) is 11.1 Å². The van der Waals surface area contributed by atoms with Gasteiger partial charge in [-0.1, -0.05) is 54.9 Å². The number of carbonyl (C=O) groups excluding carboxylic acids is 3. The van der Waals surface area contributed by atoms with Gasteiger partial charge in [-0.15, -0.1) is 10.2 Å². The second kappa shape index (κ2) is 13.8. The van der Waals surface area contributed by atoms with Crippen LogP contribution in [0.3, 0.4) is 0 Å². The van der Waals surface area contributed by atoms with Crippen molar-refractivity contribution in [2.24, 2.45) is 13.0 Å². The molecule has 0 fully saturated rings. The monoisotopic (exact) mass is 591 g/mol. The Balaban J connectivity index is 1.67. The topological polar surface area (TPSA) is 115 Å². The van der Waals surface area contributed by atoms with Crippen LogP contribution in [0, 0.1) is 5.92 Å². The van der Waals surface area contributed by atoms with Gasteiger partial charge in [-0.25, -0.2) is 4.79 Å². The van der Waals surface area contributed by atoms with Gasteiger partial charge in [0.15, 0.2) is 11.0 Å². The van der Waals surface area contributed by atoms with Crippen molar-refractivity contribution >= 4 is 58.4 Å². The second-order valence-corrected chi connectivity index (χ2v) is 11.3. The fourth-order valence-electron chi connectivity index (χ4n) is 3.70. The normalized spacial score (nSPS) is 11.9. The molecule has 2 aromatic carbocycles. The van der Waals surface area contributed by atoms with Crippen molar-refractivity contribution in [3.05, 3.63) is 69.5 Å². The van der Waals surface area contributed by atoms with E-state index in [4.69, 9.17) is 27.9 Å². The molecule has 0 aliphatic rings. The molecule has 1 atom stereocenters. The predicted octanol–water partition coefficient (Wildman–Crippen LogP) is 5.94. The predicted molar refractivity (Wildman–Crippen MR) is 153 cm³/mol. The van der Waals surface area contributed by atoms with Gasteiger partial charge in [-0.05, 0) is 62.6 Å². The molecule has 0 radical (unpaired) electrons. The minimum Gasteiger partial charge on any atom is -0.459 e. The molecule has 208 valence electrons. The van der Waals surface area contributed by atoms with Crippen LogP contribution in [0.1, 0.15) is 66.7 Å². The van der Waals surface area contributed by atoms with E-state index in [1.165, 1.54) is 17.8 Å². The fraction of sp³-hybridized carbons (Fsp3) is 0.370. The van der Waals surface area contributed by atoms with Crippen LogP contribution in [0.25, 0.3) is 0 Å². The van der Waals surface area contributed by atoms with E-state index in [1.54, 1.807) is 61.9 Å². The SMILES string of the molecule is CC(C)C[C@@H](NC(=O)c1ccc(Cl)cc1Cl)c1nnc(SCC(=O)Nc2cccc(C(=O)OC(C)C)c2)n1C. The fourth-order valence-corrected chi connectivity index (χ4v) is 4.91. The lowest BCUT2D eigenvalue weighted by Crippen LogP contribution is -2.31. The standard InChI is InChI=1S/C27H31Cl2N5O4S/c1-15(2)11-22(31-25(36)20-10-9-18(28)13-21(20)29)24-32-33-27(34(24)5)39-14-23(35)30-19-8-6-7-17(12-19)26(37)38-16(3)4/h6-10,12-13,15-16,22H,11,14H2,1-5H3,(H,30,35)(H,31,36)/t22-/m1/s1. The van der Waals surface area contributed by atoms with E-state index in [2.05, 4.69) is 20.8 Å². The number of anilines is 1. The number of nitrogens with zero attached hydrogens (tertiary/aromatic N) is 3. The van der Waals surface area contributed by atoms with E-state index in [9.17, 15) is 14.4 Å². The smallest absolute Gasteiger partial charge is 0.338 e. The molecule has 0 aliphatic carbocycles. The lowest BCUT2D eigenvalue weighted by atomic mass is 10.0. The summed E-state index contributed by atoms with van der Waals surface area (Å²) >= 11 is 13.4. The summed E-state index contributed by atoms with van der Waals surface area (Å²) in [6.45, 7) is 7.63. The Kier molecular flexibility index (Phi) is 10.8. The number of hydrogen-bond donors (Lipinski definition) is 2. The molecule has 0 unspecified atom stereocenters. The number of thioether (sulfide) groups is 1. The molecule has 12 heteroatoms. The quantitative estimate of drug-likeness (QED) is 0.209. The summed E-state index contributed by atoms with van der Waals surface area (Å²) in [5.74, 6) is -0.205. The molecular weight excluding hydrogens is 561 g/mol. The highest BCUT2D eigenvalue weighted by Gasteiger charge is 2.24. The van der Waals surface area contributed by atoms with E-state index >= 15 is 0 Å². The third-order valence-electron chi connectivity index (χ3n) is 5.43. The van der Waals surface area contributed by atoms with Crippen LogP contribution in [-0.4, -0.2) is 44.4 Å². The molecule has 2 N–H and O–H groups in total. The zero-order chi connectivity index (χ0) is 28.7. The van der Waals surface area contributed by atoms with E-state index in [1.807, 2.05) is 13.8 Å². The number of esters is 1. The minimum absolute atomic E-state index is 0.0637. The molecule has 39 heavy (non-hydrogen) atoms. The van der Waals surface area contributed by atoms with Gasteiger partial charge in [0.1, 0.15) is 0 Å². The van der Waals surface area contributed by atoms with Crippen molar-refractivity contribution in [2.45, 2.75) is 51.4 Å². The Hall–Kier alpha value is -3.08. The van der Waals surface area contributed by atoms with E-state index in [0.29, 0.717) is 39.2 Å². The number of halogens is 2. The highest BCUT2D eigenvalue weighted by molar-refractivity contribution is 7.99. The Morgan fingerprint density at radius 1 is 1.05 bits per heavy atom. The average molecular weight is 593 g/mol. The molecule has 0 saturated carbocycles. The van der Waals surface area contributed by atoms with Crippen LogP contribution in [0.2, 0.25) is 10.0 Å². The summed E-state index contributed by atoms with van der Waals surface area (Å²) in [5, 5.41) is 15.5. The third kappa shape index (κ3) is 8.71. The molecule has 0 aliphatic heterocycles. The molecule has 0 bridgehead atoms. The van der Waals surface area contributed by atoms with Crippen molar-refractivity contribution in [3.8, 4) is 0 Å². The summed E-state index contributed by atoms with van der Waals surface area (Å²) < 4.78 is 6.97. The van der Waals surface area contributed by atoms with Crippen LogP contribution in [-0.2, 0) is 16.6 Å².